The first kappa shape index (κ1) is 14.6. The number of halogens is 2. The molecule has 1 atom stereocenters. The summed E-state index contributed by atoms with van der Waals surface area (Å²) < 4.78 is 18.4. The molecule has 0 aliphatic heterocycles. The quantitative estimate of drug-likeness (QED) is 0.859. The molecule has 2 N–H and O–H groups in total. The monoisotopic (exact) mass is 295 g/mol. The highest BCUT2D eigenvalue weighted by molar-refractivity contribution is 6.30. The van der Waals surface area contributed by atoms with Gasteiger partial charge in [0.2, 0.25) is 0 Å². The molecule has 0 spiro atoms. The highest BCUT2D eigenvalue weighted by Crippen LogP contribution is 2.15. The number of hydrogen-bond donors (Lipinski definition) is 2. The van der Waals surface area contributed by atoms with Gasteiger partial charge in [-0.15, -0.1) is 0 Å². The standard InChI is InChI=1S/C15H15ClFNO2/c16-11-4-6-15(7-5-11)20-10-14(19)9-18-13-3-1-2-12(17)8-13/h1-8,14,18-19H,9-10H2. The van der Waals surface area contributed by atoms with Crippen molar-refractivity contribution in [1.82, 2.24) is 0 Å². The van der Waals surface area contributed by atoms with Crippen LogP contribution in [0.1, 0.15) is 0 Å². The minimum Gasteiger partial charge on any atom is -0.491 e. The van der Waals surface area contributed by atoms with Crippen molar-refractivity contribution in [2.24, 2.45) is 0 Å². The summed E-state index contributed by atoms with van der Waals surface area (Å²) in [7, 11) is 0. The number of aliphatic hydroxyl groups is 1. The molecule has 0 aromatic heterocycles. The molecule has 0 saturated carbocycles. The normalized spacial score (nSPS) is 11.9. The SMILES string of the molecule is OC(CNc1cccc(F)c1)COc1ccc(Cl)cc1. The molecule has 2 aromatic carbocycles. The summed E-state index contributed by atoms with van der Waals surface area (Å²) in [4.78, 5) is 0. The zero-order valence-electron chi connectivity index (χ0n) is 10.7. The molecular weight excluding hydrogens is 281 g/mol. The maximum absolute atomic E-state index is 13.0. The van der Waals surface area contributed by atoms with Crippen LogP contribution in [0.3, 0.4) is 0 Å². The first-order valence-electron chi connectivity index (χ1n) is 6.19. The van der Waals surface area contributed by atoms with Crippen molar-refractivity contribution in [3.63, 3.8) is 0 Å². The molecule has 3 nitrogen and oxygen atoms in total. The summed E-state index contributed by atoms with van der Waals surface area (Å²) in [5.74, 6) is 0.320. The molecule has 0 radical (unpaired) electrons. The molecule has 0 saturated heterocycles. The Labute approximate surface area is 122 Å². The van der Waals surface area contributed by atoms with E-state index in [0.29, 0.717) is 16.5 Å². The van der Waals surface area contributed by atoms with Crippen LogP contribution in [0.15, 0.2) is 48.5 Å². The second kappa shape index (κ2) is 7.12. The van der Waals surface area contributed by atoms with E-state index in [4.69, 9.17) is 16.3 Å². The first-order chi connectivity index (χ1) is 9.63. The van der Waals surface area contributed by atoms with Gasteiger partial charge in [-0.2, -0.15) is 0 Å². The second-order valence-electron chi connectivity index (χ2n) is 4.31. The summed E-state index contributed by atoms with van der Waals surface area (Å²) in [5, 5.41) is 13.4. The van der Waals surface area contributed by atoms with Gasteiger partial charge in [-0.1, -0.05) is 17.7 Å². The number of hydrogen-bond acceptors (Lipinski definition) is 3. The van der Waals surface area contributed by atoms with Gasteiger partial charge in [-0.05, 0) is 42.5 Å². The number of rotatable bonds is 6. The summed E-state index contributed by atoms with van der Waals surface area (Å²) in [6.07, 6.45) is -0.700. The van der Waals surface area contributed by atoms with Gasteiger partial charge in [0.05, 0.1) is 0 Å². The van der Waals surface area contributed by atoms with Crippen LogP contribution in [-0.4, -0.2) is 24.4 Å². The van der Waals surface area contributed by atoms with Crippen LogP contribution < -0.4 is 10.1 Å². The molecule has 1 unspecified atom stereocenters. The molecule has 0 fully saturated rings. The van der Waals surface area contributed by atoms with Gasteiger partial charge in [0.1, 0.15) is 24.3 Å². The largest absolute Gasteiger partial charge is 0.491 e. The Morgan fingerprint density at radius 3 is 2.65 bits per heavy atom. The Hall–Kier alpha value is -1.78. The third kappa shape index (κ3) is 4.72. The van der Waals surface area contributed by atoms with Crippen LogP contribution >= 0.6 is 11.6 Å². The van der Waals surface area contributed by atoms with E-state index < -0.39 is 6.10 Å². The molecule has 0 amide bonds. The average Bonchev–Trinajstić information content (AvgIpc) is 2.45. The zero-order valence-corrected chi connectivity index (χ0v) is 11.5. The van der Waals surface area contributed by atoms with Crippen molar-refractivity contribution in [1.29, 1.82) is 0 Å². The fourth-order valence-corrected chi connectivity index (χ4v) is 1.74. The third-order valence-electron chi connectivity index (χ3n) is 2.62. The topological polar surface area (TPSA) is 41.5 Å². The van der Waals surface area contributed by atoms with Crippen molar-refractivity contribution in [3.05, 3.63) is 59.4 Å². The Balaban J connectivity index is 1.75. The van der Waals surface area contributed by atoms with Crippen LogP contribution in [0.25, 0.3) is 0 Å². The predicted molar refractivity (Wildman–Crippen MR) is 77.8 cm³/mol. The minimum atomic E-state index is -0.700. The summed E-state index contributed by atoms with van der Waals surface area (Å²) in [6.45, 7) is 0.418. The molecule has 0 aliphatic carbocycles. The van der Waals surface area contributed by atoms with E-state index in [2.05, 4.69) is 5.32 Å². The van der Waals surface area contributed by atoms with E-state index in [0.717, 1.165) is 0 Å². The van der Waals surface area contributed by atoms with E-state index in [1.807, 2.05) is 0 Å². The fourth-order valence-electron chi connectivity index (χ4n) is 1.62. The number of anilines is 1. The first-order valence-corrected chi connectivity index (χ1v) is 6.57. The van der Waals surface area contributed by atoms with Crippen molar-refractivity contribution in [3.8, 4) is 5.75 Å². The fraction of sp³-hybridized carbons (Fsp3) is 0.200. The molecule has 2 rings (SSSR count). The highest BCUT2D eigenvalue weighted by Gasteiger charge is 2.05. The molecule has 0 bridgehead atoms. The van der Waals surface area contributed by atoms with Crippen molar-refractivity contribution in [2.45, 2.75) is 6.10 Å². The van der Waals surface area contributed by atoms with Crippen LogP contribution in [0.2, 0.25) is 5.02 Å². The van der Waals surface area contributed by atoms with E-state index >= 15 is 0 Å². The van der Waals surface area contributed by atoms with E-state index in [-0.39, 0.29) is 19.0 Å². The van der Waals surface area contributed by atoms with Crippen molar-refractivity contribution < 1.29 is 14.2 Å². The van der Waals surface area contributed by atoms with E-state index in [1.165, 1.54) is 12.1 Å². The van der Waals surface area contributed by atoms with Crippen molar-refractivity contribution in [2.75, 3.05) is 18.5 Å². The lowest BCUT2D eigenvalue weighted by molar-refractivity contribution is 0.117. The number of nitrogens with one attached hydrogen (secondary N) is 1. The van der Waals surface area contributed by atoms with Gasteiger partial charge in [0, 0.05) is 17.3 Å². The summed E-state index contributed by atoms with van der Waals surface area (Å²) >= 11 is 5.76. The smallest absolute Gasteiger partial charge is 0.125 e. The average molecular weight is 296 g/mol. The van der Waals surface area contributed by atoms with E-state index in [1.54, 1.807) is 36.4 Å². The van der Waals surface area contributed by atoms with Crippen LogP contribution in [-0.2, 0) is 0 Å². The lowest BCUT2D eigenvalue weighted by Crippen LogP contribution is -2.26. The van der Waals surface area contributed by atoms with Crippen LogP contribution in [0.5, 0.6) is 5.75 Å². The Morgan fingerprint density at radius 1 is 1.20 bits per heavy atom. The second-order valence-corrected chi connectivity index (χ2v) is 4.75. The van der Waals surface area contributed by atoms with Gasteiger partial charge in [-0.3, -0.25) is 0 Å². The summed E-state index contributed by atoms with van der Waals surface area (Å²) in [5.41, 5.74) is 0.621. The molecule has 0 heterocycles. The number of aliphatic hydroxyl groups excluding tert-OH is 1. The zero-order chi connectivity index (χ0) is 14.4. The summed E-state index contributed by atoms with van der Waals surface area (Å²) in [6, 6.07) is 13.0. The van der Waals surface area contributed by atoms with Gasteiger partial charge in [-0.25, -0.2) is 4.39 Å². The molecule has 2 aromatic rings. The maximum Gasteiger partial charge on any atom is 0.125 e. The van der Waals surface area contributed by atoms with Crippen LogP contribution in [0.4, 0.5) is 10.1 Å². The number of ether oxygens (including phenoxy) is 1. The lowest BCUT2D eigenvalue weighted by atomic mass is 10.3. The predicted octanol–water partition coefficient (Wildman–Crippen LogP) is 3.33. The van der Waals surface area contributed by atoms with Crippen molar-refractivity contribution >= 4 is 17.3 Å². The lowest BCUT2D eigenvalue weighted by Gasteiger charge is -2.14. The molecular formula is C15H15ClFNO2. The maximum atomic E-state index is 13.0. The van der Waals surface area contributed by atoms with Gasteiger partial charge in [0.15, 0.2) is 0 Å². The Kier molecular flexibility index (Phi) is 5.21. The number of benzene rings is 2. The van der Waals surface area contributed by atoms with Gasteiger partial charge in [0.25, 0.3) is 0 Å². The van der Waals surface area contributed by atoms with Gasteiger partial charge >= 0.3 is 0 Å². The van der Waals surface area contributed by atoms with Crippen LogP contribution in [0, 0.1) is 5.82 Å². The Morgan fingerprint density at radius 2 is 1.95 bits per heavy atom. The molecule has 0 aliphatic rings. The minimum absolute atomic E-state index is 0.143. The van der Waals surface area contributed by atoms with Gasteiger partial charge < -0.3 is 15.2 Å². The molecule has 106 valence electrons. The molecule has 5 heteroatoms. The third-order valence-corrected chi connectivity index (χ3v) is 2.87. The van der Waals surface area contributed by atoms with E-state index in [9.17, 15) is 9.50 Å². The highest BCUT2D eigenvalue weighted by atomic mass is 35.5. The Bertz CT molecular complexity index is 548. The molecule has 20 heavy (non-hydrogen) atoms.